The number of nitriles is 1. The molecule has 0 saturated carbocycles. The first-order valence-electron chi connectivity index (χ1n) is 7.04. The van der Waals surface area contributed by atoms with E-state index in [1.54, 1.807) is 11.8 Å². The van der Waals surface area contributed by atoms with Crippen molar-refractivity contribution in [1.82, 2.24) is 9.55 Å². The van der Waals surface area contributed by atoms with Crippen molar-refractivity contribution >= 4 is 51.5 Å². The van der Waals surface area contributed by atoms with Gasteiger partial charge in [0.05, 0.1) is 11.8 Å². The van der Waals surface area contributed by atoms with E-state index in [9.17, 15) is 0 Å². The molecule has 3 rings (SSSR count). The average molecular weight is 454 g/mol. The van der Waals surface area contributed by atoms with Crippen molar-refractivity contribution in [3.8, 4) is 6.07 Å². The third kappa shape index (κ3) is 3.65. The number of benzene rings is 1. The normalized spacial score (nSPS) is 14.2. The van der Waals surface area contributed by atoms with Crippen molar-refractivity contribution < 1.29 is 0 Å². The first-order valence-corrected chi connectivity index (χ1v) is 9.31. The van der Waals surface area contributed by atoms with Crippen LogP contribution in [0.4, 0.5) is 0 Å². The SMILES string of the molecule is Cn1c(I)nc(C2=CC=C(C#N)CC2)c1Sc1ccc(Cl)cc1. The summed E-state index contributed by atoms with van der Waals surface area (Å²) in [4.78, 5) is 5.85. The van der Waals surface area contributed by atoms with Crippen LogP contribution in [0, 0.1) is 15.2 Å². The first kappa shape index (κ1) is 16.6. The van der Waals surface area contributed by atoms with E-state index in [1.807, 2.05) is 43.5 Å². The highest BCUT2D eigenvalue weighted by atomic mass is 127. The van der Waals surface area contributed by atoms with Crippen molar-refractivity contribution in [2.45, 2.75) is 22.8 Å². The lowest BCUT2D eigenvalue weighted by Gasteiger charge is -2.11. The second-order valence-corrected chi connectivity index (χ2v) is 7.61. The number of aromatic nitrogens is 2. The van der Waals surface area contributed by atoms with Gasteiger partial charge in [0.15, 0.2) is 3.83 Å². The highest BCUT2D eigenvalue weighted by molar-refractivity contribution is 14.1. The molecule has 0 spiro atoms. The van der Waals surface area contributed by atoms with Gasteiger partial charge in [-0.2, -0.15) is 5.26 Å². The van der Waals surface area contributed by atoms with Crippen LogP contribution in [0.2, 0.25) is 5.02 Å². The Morgan fingerprint density at radius 2 is 2.00 bits per heavy atom. The molecule has 1 aromatic heterocycles. The van der Waals surface area contributed by atoms with Gasteiger partial charge in [-0.15, -0.1) is 0 Å². The molecule has 0 fully saturated rings. The van der Waals surface area contributed by atoms with Crippen LogP contribution in [-0.4, -0.2) is 9.55 Å². The number of rotatable bonds is 3. The van der Waals surface area contributed by atoms with Gasteiger partial charge in [0.1, 0.15) is 5.03 Å². The van der Waals surface area contributed by atoms with Gasteiger partial charge >= 0.3 is 0 Å². The smallest absolute Gasteiger partial charge is 0.172 e. The summed E-state index contributed by atoms with van der Waals surface area (Å²) in [7, 11) is 2.02. The molecular formula is C17H13ClIN3S. The summed E-state index contributed by atoms with van der Waals surface area (Å²) in [6.45, 7) is 0. The van der Waals surface area contributed by atoms with E-state index >= 15 is 0 Å². The maximum Gasteiger partial charge on any atom is 0.172 e. The summed E-state index contributed by atoms with van der Waals surface area (Å²) in [6, 6.07) is 10.0. The van der Waals surface area contributed by atoms with E-state index in [1.165, 1.54) is 5.57 Å². The fourth-order valence-corrected chi connectivity index (χ4v) is 4.09. The molecule has 2 aromatic rings. The van der Waals surface area contributed by atoms with E-state index in [0.717, 1.165) is 42.9 Å². The van der Waals surface area contributed by atoms with Gasteiger partial charge in [-0.3, -0.25) is 0 Å². The fraction of sp³-hybridized carbons (Fsp3) is 0.176. The van der Waals surface area contributed by atoms with Crippen LogP contribution >= 0.6 is 46.0 Å². The summed E-state index contributed by atoms with van der Waals surface area (Å²) in [5.41, 5.74) is 3.01. The van der Waals surface area contributed by atoms with Crippen LogP contribution in [-0.2, 0) is 7.05 Å². The second-order valence-electron chi connectivity index (χ2n) is 5.15. The standard InChI is InChI=1S/C17H13ClIN3S/c1-22-16(23-14-8-6-13(18)7-9-14)15(21-17(22)19)12-4-2-11(10-20)3-5-12/h2,4,6-9H,3,5H2,1H3. The Hall–Kier alpha value is -1.23. The highest BCUT2D eigenvalue weighted by Crippen LogP contribution is 2.37. The van der Waals surface area contributed by atoms with E-state index in [0.29, 0.717) is 0 Å². The quantitative estimate of drug-likeness (QED) is 0.580. The third-order valence-electron chi connectivity index (χ3n) is 3.61. The van der Waals surface area contributed by atoms with Crippen LogP contribution in [0.15, 0.2) is 51.9 Å². The van der Waals surface area contributed by atoms with Crippen molar-refractivity contribution in [2.24, 2.45) is 7.05 Å². The number of imidazole rings is 1. The zero-order valence-corrected chi connectivity index (χ0v) is 16.1. The Kier molecular flexibility index (Phi) is 5.14. The lowest BCUT2D eigenvalue weighted by atomic mass is 9.97. The molecule has 1 aromatic carbocycles. The molecule has 0 amide bonds. The Morgan fingerprint density at radius 3 is 2.61 bits per heavy atom. The molecule has 1 heterocycles. The molecule has 0 atom stereocenters. The Morgan fingerprint density at radius 1 is 1.26 bits per heavy atom. The molecule has 0 bridgehead atoms. The number of hydrogen-bond donors (Lipinski definition) is 0. The number of halogens is 2. The average Bonchev–Trinajstić information content (AvgIpc) is 2.85. The summed E-state index contributed by atoms with van der Waals surface area (Å²) in [6.07, 6.45) is 5.55. The molecule has 1 aliphatic carbocycles. The largest absolute Gasteiger partial charge is 0.317 e. The van der Waals surface area contributed by atoms with E-state index < -0.39 is 0 Å². The molecule has 0 aliphatic heterocycles. The Balaban J connectivity index is 1.98. The van der Waals surface area contributed by atoms with Crippen LogP contribution < -0.4 is 0 Å². The zero-order valence-electron chi connectivity index (χ0n) is 12.4. The zero-order chi connectivity index (χ0) is 16.4. The van der Waals surface area contributed by atoms with Gasteiger partial charge in [-0.1, -0.05) is 29.4 Å². The van der Waals surface area contributed by atoms with Crippen LogP contribution in [0.25, 0.3) is 5.57 Å². The van der Waals surface area contributed by atoms with Gasteiger partial charge in [-0.05, 0) is 71.3 Å². The lowest BCUT2D eigenvalue weighted by Crippen LogP contribution is -1.96. The monoisotopic (exact) mass is 453 g/mol. The highest BCUT2D eigenvalue weighted by Gasteiger charge is 2.19. The minimum absolute atomic E-state index is 0.735. The molecule has 116 valence electrons. The third-order valence-corrected chi connectivity index (χ3v) is 6.00. The van der Waals surface area contributed by atoms with Gasteiger partial charge in [0, 0.05) is 22.5 Å². The predicted molar refractivity (Wildman–Crippen MR) is 102 cm³/mol. The molecule has 6 heteroatoms. The predicted octanol–water partition coefficient (Wildman–Crippen LogP) is 5.46. The van der Waals surface area contributed by atoms with Gasteiger partial charge in [-0.25, -0.2) is 4.98 Å². The molecule has 23 heavy (non-hydrogen) atoms. The first-order chi connectivity index (χ1) is 11.1. The van der Waals surface area contributed by atoms with E-state index in [-0.39, 0.29) is 0 Å². The summed E-state index contributed by atoms with van der Waals surface area (Å²) < 4.78 is 3.05. The molecule has 0 N–H and O–H groups in total. The van der Waals surface area contributed by atoms with E-state index in [2.05, 4.69) is 33.2 Å². The van der Waals surface area contributed by atoms with Crippen LogP contribution in [0.5, 0.6) is 0 Å². The van der Waals surface area contributed by atoms with Gasteiger partial charge in [0.25, 0.3) is 0 Å². The summed E-state index contributed by atoms with van der Waals surface area (Å²) in [5.74, 6) is 0. The maximum absolute atomic E-state index is 8.98. The molecule has 3 nitrogen and oxygen atoms in total. The van der Waals surface area contributed by atoms with Crippen molar-refractivity contribution in [1.29, 1.82) is 5.26 Å². The molecule has 1 aliphatic rings. The van der Waals surface area contributed by atoms with E-state index in [4.69, 9.17) is 21.8 Å². The van der Waals surface area contributed by atoms with Gasteiger partial charge < -0.3 is 4.57 Å². The minimum Gasteiger partial charge on any atom is -0.317 e. The maximum atomic E-state index is 8.98. The Bertz CT molecular complexity index is 844. The number of hydrogen-bond acceptors (Lipinski definition) is 3. The van der Waals surface area contributed by atoms with Crippen LogP contribution in [0.3, 0.4) is 0 Å². The summed E-state index contributed by atoms with van der Waals surface area (Å²) in [5, 5.41) is 10.8. The lowest BCUT2D eigenvalue weighted by molar-refractivity contribution is 0.794. The molecule has 0 saturated heterocycles. The topological polar surface area (TPSA) is 41.6 Å². The van der Waals surface area contributed by atoms with Crippen LogP contribution in [0.1, 0.15) is 18.5 Å². The number of allylic oxidation sites excluding steroid dienone is 4. The molecule has 0 radical (unpaired) electrons. The van der Waals surface area contributed by atoms with Crippen molar-refractivity contribution in [3.63, 3.8) is 0 Å². The Labute approximate surface area is 158 Å². The molecule has 0 unspecified atom stereocenters. The number of nitrogens with zero attached hydrogens (tertiary/aromatic N) is 3. The second kappa shape index (κ2) is 7.12. The molecular weight excluding hydrogens is 441 g/mol. The van der Waals surface area contributed by atoms with Crippen molar-refractivity contribution in [2.75, 3.05) is 0 Å². The fourth-order valence-electron chi connectivity index (χ4n) is 2.33. The summed E-state index contributed by atoms with van der Waals surface area (Å²) >= 11 is 9.89. The van der Waals surface area contributed by atoms with Gasteiger partial charge in [0.2, 0.25) is 0 Å². The van der Waals surface area contributed by atoms with Crippen molar-refractivity contribution in [3.05, 3.63) is 56.5 Å². The minimum atomic E-state index is 0.735.